The van der Waals surface area contributed by atoms with Gasteiger partial charge in [0, 0.05) is 12.6 Å². The van der Waals surface area contributed by atoms with Crippen LogP contribution in [0.15, 0.2) is 42.5 Å². The molecular formula is C16H15N3O3. The number of fused-ring (bicyclic) bond motifs is 1. The van der Waals surface area contributed by atoms with E-state index in [1.807, 2.05) is 0 Å². The Kier molecular flexibility index (Phi) is 3.42. The Bertz CT molecular complexity index is 855. The lowest BCUT2D eigenvalue weighted by atomic mass is 10.1. The highest BCUT2D eigenvalue weighted by atomic mass is 16.5. The van der Waals surface area contributed by atoms with E-state index in [0.717, 1.165) is 5.39 Å². The number of hydrogen-bond donors (Lipinski definition) is 2. The second-order valence-corrected chi connectivity index (χ2v) is 4.84. The van der Waals surface area contributed by atoms with Crippen molar-refractivity contribution in [3.63, 3.8) is 0 Å². The van der Waals surface area contributed by atoms with E-state index in [1.54, 1.807) is 55.2 Å². The number of para-hydroxylation sites is 2. The van der Waals surface area contributed by atoms with Crippen LogP contribution in [0.1, 0.15) is 10.4 Å². The summed E-state index contributed by atoms with van der Waals surface area (Å²) in [5.74, 6) is 0.354. The number of aryl methyl sites for hydroxylation is 1. The van der Waals surface area contributed by atoms with Gasteiger partial charge in [-0.3, -0.25) is 4.79 Å². The number of nitrogens with one attached hydrogen (secondary N) is 1. The number of phenolic OH excluding ortho intramolecular Hbond substituents is 1. The number of aromatic hydroxyl groups is 1. The van der Waals surface area contributed by atoms with E-state index in [1.165, 1.54) is 6.07 Å². The first kappa shape index (κ1) is 13.9. The maximum atomic E-state index is 12.3. The quantitative estimate of drug-likeness (QED) is 0.728. The number of methoxy groups -OCH3 is 1. The van der Waals surface area contributed by atoms with Gasteiger partial charge in [0.25, 0.3) is 5.91 Å². The number of carbonyl (C=O) groups excluding carboxylic acids is 1. The molecule has 0 radical (unpaired) electrons. The minimum Gasteiger partial charge on any atom is -0.506 e. The number of carbonyl (C=O) groups is 1. The van der Waals surface area contributed by atoms with Crippen LogP contribution in [0.2, 0.25) is 0 Å². The van der Waals surface area contributed by atoms with Gasteiger partial charge in [-0.15, -0.1) is 0 Å². The van der Waals surface area contributed by atoms with E-state index in [4.69, 9.17) is 4.74 Å². The molecular weight excluding hydrogens is 282 g/mol. The van der Waals surface area contributed by atoms with Crippen molar-refractivity contribution in [1.82, 2.24) is 9.78 Å². The number of anilines is 1. The van der Waals surface area contributed by atoms with Crippen LogP contribution in [0.25, 0.3) is 10.9 Å². The summed E-state index contributed by atoms with van der Waals surface area (Å²) in [7, 11) is 3.36. The van der Waals surface area contributed by atoms with Crippen LogP contribution in [-0.2, 0) is 7.05 Å². The minimum absolute atomic E-state index is 0.0245. The summed E-state index contributed by atoms with van der Waals surface area (Å²) in [5.41, 5.74) is 1.49. The van der Waals surface area contributed by atoms with Gasteiger partial charge in [-0.1, -0.05) is 12.1 Å². The van der Waals surface area contributed by atoms with Gasteiger partial charge < -0.3 is 15.2 Å². The van der Waals surface area contributed by atoms with Crippen LogP contribution in [0.4, 0.5) is 5.69 Å². The number of hydrogen-bond acceptors (Lipinski definition) is 4. The monoisotopic (exact) mass is 297 g/mol. The standard InChI is InChI=1S/C16H15N3O3/c1-19-16(22-2)11-8-7-10(9-13(11)18-19)15(21)17-12-5-3-4-6-14(12)20/h3-9,20H,1-2H3,(H,17,21). The molecule has 0 saturated carbocycles. The number of benzene rings is 2. The number of rotatable bonds is 3. The maximum Gasteiger partial charge on any atom is 0.255 e. The Morgan fingerprint density at radius 3 is 2.77 bits per heavy atom. The van der Waals surface area contributed by atoms with Crippen LogP contribution >= 0.6 is 0 Å². The van der Waals surface area contributed by atoms with E-state index in [-0.39, 0.29) is 11.7 Å². The van der Waals surface area contributed by atoms with Gasteiger partial charge in [0.2, 0.25) is 5.88 Å². The molecule has 6 heteroatoms. The molecule has 22 heavy (non-hydrogen) atoms. The second kappa shape index (κ2) is 5.40. The highest BCUT2D eigenvalue weighted by molar-refractivity contribution is 6.07. The largest absolute Gasteiger partial charge is 0.506 e. The lowest BCUT2D eigenvalue weighted by molar-refractivity contribution is 0.102. The molecule has 0 saturated heterocycles. The number of ether oxygens (including phenoxy) is 1. The van der Waals surface area contributed by atoms with Crippen molar-refractivity contribution in [3.8, 4) is 11.6 Å². The molecule has 0 fully saturated rings. The molecule has 0 atom stereocenters. The zero-order chi connectivity index (χ0) is 15.7. The van der Waals surface area contributed by atoms with Gasteiger partial charge in [0.1, 0.15) is 5.75 Å². The van der Waals surface area contributed by atoms with Gasteiger partial charge in [0.15, 0.2) is 0 Å². The molecule has 0 spiro atoms. The second-order valence-electron chi connectivity index (χ2n) is 4.84. The number of nitrogens with zero attached hydrogens (tertiary/aromatic N) is 2. The van der Waals surface area contributed by atoms with Crippen molar-refractivity contribution in [1.29, 1.82) is 0 Å². The third-order valence-corrected chi connectivity index (χ3v) is 3.39. The van der Waals surface area contributed by atoms with Crippen molar-refractivity contribution < 1.29 is 14.6 Å². The first-order chi connectivity index (χ1) is 10.6. The normalized spacial score (nSPS) is 10.6. The smallest absolute Gasteiger partial charge is 0.255 e. The number of amides is 1. The molecule has 1 amide bonds. The van der Waals surface area contributed by atoms with E-state index in [0.29, 0.717) is 22.6 Å². The Morgan fingerprint density at radius 2 is 2.05 bits per heavy atom. The first-order valence-electron chi connectivity index (χ1n) is 6.70. The van der Waals surface area contributed by atoms with Crippen molar-refractivity contribution in [2.24, 2.45) is 7.05 Å². The molecule has 0 aliphatic rings. The Morgan fingerprint density at radius 1 is 1.27 bits per heavy atom. The minimum atomic E-state index is -0.312. The van der Waals surface area contributed by atoms with Crippen LogP contribution < -0.4 is 10.1 Å². The molecule has 0 unspecified atom stereocenters. The Balaban J connectivity index is 1.93. The summed E-state index contributed by atoms with van der Waals surface area (Å²) in [6, 6.07) is 11.8. The third kappa shape index (κ3) is 2.35. The van der Waals surface area contributed by atoms with Gasteiger partial charge in [-0.2, -0.15) is 5.10 Å². The fourth-order valence-electron chi connectivity index (χ4n) is 2.33. The molecule has 0 aliphatic heterocycles. The van der Waals surface area contributed by atoms with Crippen molar-refractivity contribution in [2.45, 2.75) is 0 Å². The predicted molar refractivity (Wildman–Crippen MR) is 83.3 cm³/mol. The van der Waals surface area contributed by atoms with Crippen molar-refractivity contribution in [2.75, 3.05) is 12.4 Å². The highest BCUT2D eigenvalue weighted by Gasteiger charge is 2.13. The average molecular weight is 297 g/mol. The SMILES string of the molecule is COc1c2ccc(C(=O)Nc3ccccc3O)cc2nn1C. The third-order valence-electron chi connectivity index (χ3n) is 3.39. The van der Waals surface area contributed by atoms with Gasteiger partial charge >= 0.3 is 0 Å². The summed E-state index contributed by atoms with van der Waals surface area (Å²) >= 11 is 0. The first-order valence-corrected chi connectivity index (χ1v) is 6.70. The molecule has 3 aromatic rings. The van der Waals surface area contributed by atoms with Crippen LogP contribution in [0.3, 0.4) is 0 Å². The van der Waals surface area contributed by atoms with E-state index in [2.05, 4.69) is 10.4 Å². The molecule has 112 valence electrons. The summed E-state index contributed by atoms with van der Waals surface area (Å²) in [5, 5.41) is 17.5. The fourth-order valence-corrected chi connectivity index (χ4v) is 2.33. The maximum absolute atomic E-state index is 12.3. The number of aromatic nitrogens is 2. The van der Waals surface area contributed by atoms with Crippen LogP contribution in [0, 0.1) is 0 Å². The fraction of sp³-hybridized carbons (Fsp3) is 0.125. The molecule has 2 aromatic carbocycles. The number of phenols is 1. The van der Waals surface area contributed by atoms with Gasteiger partial charge in [-0.25, -0.2) is 4.68 Å². The molecule has 6 nitrogen and oxygen atoms in total. The lowest BCUT2D eigenvalue weighted by Gasteiger charge is -2.07. The zero-order valence-electron chi connectivity index (χ0n) is 12.2. The van der Waals surface area contributed by atoms with Crippen LogP contribution in [0.5, 0.6) is 11.6 Å². The van der Waals surface area contributed by atoms with Crippen molar-refractivity contribution in [3.05, 3.63) is 48.0 Å². The molecule has 1 aromatic heterocycles. The Hall–Kier alpha value is -3.02. The summed E-state index contributed by atoms with van der Waals surface area (Å²) in [4.78, 5) is 12.3. The van der Waals surface area contributed by atoms with Crippen molar-refractivity contribution >= 4 is 22.5 Å². The predicted octanol–water partition coefficient (Wildman–Crippen LogP) is 2.54. The van der Waals surface area contributed by atoms with Crippen LogP contribution in [-0.4, -0.2) is 27.9 Å². The Labute approximate surface area is 126 Å². The summed E-state index contributed by atoms with van der Waals surface area (Å²) in [6.45, 7) is 0. The average Bonchev–Trinajstić information content (AvgIpc) is 2.83. The summed E-state index contributed by atoms with van der Waals surface area (Å²) < 4.78 is 6.90. The zero-order valence-corrected chi connectivity index (χ0v) is 12.2. The van der Waals surface area contributed by atoms with Gasteiger partial charge in [0.05, 0.1) is 23.7 Å². The lowest BCUT2D eigenvalue weighted by Crippen LogP contribution is -2.11. The molecule has 0 bridgehead atoms. The van der Waals surface area contributed by atoms with Gasteiger partial charge in [-0.05, 0) is 30.3 Å². The molecule has 0 aliphatic carbocycles. The molecule has 2 N–H and O–H groups in total. The van der Waals surface area contributed by atoms with E-state index in [9.17, 15) is 9.90 Å². The molecule has 3 rings (SSSR count). The topological polar surface area (TPSA) is 76.4 Å². The molecule has 1 heterocycles. The summed E-state index contributed by atoms with van der Waals surface area (Å²) in [6.07, 6.45) is 0. The van der Waals surface area contributed by atoms with E-state index < -0.39 is 0 Å². The highest BCUT2D eigenvalue weighted by Crippen LogP contribution is 2.26. The van der Waals surface area contributed by atoms with E-state index >= 15 is 0 Å².